The highest BCUT2D eigenvalue weighted by Crippen LogP contribution is 2.25. The average molecular weight is 345 g/mol. The first-order valence-corrected chi connectivity index (χ1v) is 9.54. The Kier molecular flexibility index (Phi) is 4.26. The fraction of sp³-hybridized carbons (Fsp3) is 0.588. The molecule has 0 aromatic carbocycles. The molecule has 0 aliphatic carbocycles. The number of piperidine rings is 1. The van der Waals surface area contributed by atoms with E-state index in [2.05, 4.69) is 30.9 Å². The second kappa shape index (κ2) is 6.55. The van der Waals surface area contributed by atoms with Crippen LogP contribution in [-0.2, 0) is 17.8 Å². The molecule has 2 aliphatic rings. The van der Waals surface area contributed by atoms with Gasteiger partial charge in [0.05, 0.1) is 11.6 Å². The van der Waals surface area contributed by atoms with Crippen molar-refractivity contribution in [2.75, 3.05) is 18.0 Å². The molecule has 1 saturated heterocycles. The predicted octanol–water partition coefficient (Wildman–Crippen LogP) is 2.00. The Morgan fingerprint density at radius 3 is 3.12 bits per heavy atom. The molecule has 0 radical (unpaired) electrons. The van der Waals surface area contributed by atoms with E-state index >= 15 is 0 Å². The van der Waals surface area contributed by atoms with Crippen molar-refractivity contribution in [1.82, 2.24) is 19.9 Å². The molecule has 24 heavy (non-hydrogen) atoms. The van der Waals surface area contributed by atoms with Gasteiger partial charge in [-0.1, -0.05) is 0 Å². The lowest BCUT2D eigenvalue weighted by molar-refractivity contribution is -0.126. The normalized spacial score (nSPS) is 23.8. The van der Waals surface area contributed by atoms with Crippen LogP contribution in [0.5, 0.6) is 0 Å². The number of aryl methyl sites for hydroxylation is 2. The minimum absolute atomic E-state index is 0.0635. The molecular formula is C17H23N5OS. The van der Waals surface area contributed by atoms with Gasteiger partial charge >= 0.3 is 0 Å². The summed E-state index contributed by atoms with van der Waals surface area (Å²) in [7, 11) is 0. The summed E-state index contributed by atoms with van der Waals surface area (Å²) in [5, 5.41) is 6.30. The zero-order valence-corrected chi connectivity index (χ0v) is 14.8. The van der Waals surface area contributed by atoms with Crippen LogP contribution in [0.1, 0.15) is 30.8 Å². The van der Waals surface area contributed by atoms with Crippen molar-refractivity contribution in [3.63, 3.8) is 0 Å². The van der Waals surface area contributed by atoms with Gasteiger partial charge in [-0.3, -0.25) is 4.79 Å². The number of anilines is 1. The van der Waals surface area contributed by atoms with E-state index in [0.717, 1.165) is 62.0 Å². The zero-order valence-electron chi connectivity index (χ0n) is 13.9. The van der Waals surface area contributed by atoms with Gasteiger partial charge < -0.3 is 14.8 Å². The highest BCUT2D eigenvalue weighted by Gasteiger charge is 2.29. The van der Waals surface area contributed by atoms with E-state index in [0.29, 0.717) is 0 Å². The summed E-state index contributed by atoms with van der Waals surface area (Å²) < 4.78 is 2.19. The fourth-order valence-electron chi connectivity index (χ4n) is 3.76. The molecule has 4 rings (SSSR count). The van der Waals surface area contributed by atoms with Gasteiger partial charge in [0.25, 0.3) is 0 Å². The van der Waals surface area contributed by atoms with E-state index in [9.17, 15) is 4.79 Å². The minimum Gasteiger partial charge on any atom is -0.351 e. The number of nitrogens with one attached hydrogen (secondary N) is 1. The molecule has 2 atom stereocenters. The fourth-order valence-corrected chi connectivity index (χ4v) is 4.44. The number of hydrogen-bond acceptors (Lipinski definition) is 5. The first-order chi connectivity index (χ1) is 11.7. The van der Waals surface area contributed by atoms with E-state index in [1.54, 1.807) is 11.3 Å². The standard InChI is InChI=1S/C17H23N5OS/c1-12-9-22-11-14(4-5-15(22)19-12)20-16(23)13-3-2-7-21(10-13)17-18-6-8-24-17/h6,8-9,13-14H,2-5,7,10-11H2,1H3,(H,20,23)/t13-,14-/m1/s1. The quantitative estimate of drug-likeness (QED) is 0.924. The van der Waals surface area contributed by atoms with Crippen molar-refractivity contribution >= 4 is 22.4 Å². The molecule has 0 unspecified atom stereocenters. The lowest BCUT2D eigenvalue weighted by Crippen LogP contribution is -2.48. The summed E-state index contributed by atoms with van der Waals surface area (Å²) in [5.74, 6) is 1.40. The number of amides is 1. The first kappa shape index (κ1) is 15.6. The van der Waals surface area contributed by atoms with Crippen LogP contribution in [0.15, 0.2) is 17.8 Å². The van der Waals surface area contributed by atoms with Gasteiger partial charge in [-0.2, -0.15) is 0 Å². The summed E-state index contributed by atoms with van der Waals surface area (Å²) in [5.41, 5.74) is 1.06. The van der Waals surface area contributed by atoms with Crippen molar-refractivity contribution in [2.45, 2.75) is 45.2 Å². The van der Waals surface area contributed by atoms with Gasteiger partial charge in [0.15, 0.2) is 5.13 Å². The highest BCUT2D eigenvalue weighted by atomic mass is 32.1. The third-order valence-corrected chi connectivity index (χ3v) is 5.77. The number of aromatic nitrogens is 3. The highest BCUT2D eigenvalue weighted by molar-refractivity contribution is 7.13. The molecule has 2 aliphatic heterocycles. The number of carbonyl (C=O) groups excluding carboxylic acids is 1. The largest absolute Gasteiger partial charge is 0.351 e. The summed E-state index contributed by atoms with van der Waals surface area (Å²) in [6.07, 6.45) is 7.84. The number of thiazole rings is 1. The van der Waals surface area contributed by atoms with Crippen LogP contribution in [-0.4, -0.2) is 39.6 Å². The van der Waals surface area contributed by atoms with E-state index in [4.69, 9.17) is 0 Å². The molecule has 0 bridgehead atoms. The molecule has 128 valence electrons. The first-order valence-electron chi connectivity index (χ1n) is 8.66. The van der Waals surface area contributed by atoms with Crippen molar-refractivity contribution in [3.05, 3.63) is 29.3 Å². The predicted molar refractivity (Wildman–Crippen MR) is 94.3 cm³/mol. The Morgan fingerprint density at radius 2 is 2.29 bits per heavy atom. The number of carbonyl (C=O) groups is 1. The van der Waals surface area contributed by atoms with Gasteiger partial charge in [-0.25, -0.2) is 9.97 Å². The Morgan fingerprint density at radius 1 is 1.38 bits per heavy atom. The lowest BCUT2D eigenvalue weighted by atomic mass is 9.96. The van der Waals surface area contributed by atoms with Crippen LogP contribution in [0.3, 0.4) is 0 Å². The molecule has 2 aromatic heterocycles. The van der Waals surface area contributed by atoms with Crippen molar-refractivity contribution in [3.8, 4) is 0 Å². The molecule has 0 spiro atoms. The maximum Gasteiger partial charge on any atom is 0.225 e. The molecule has 1 N–H and O–H groups in total. The number of rotatable bonds is 3. The molecule has 0 saturated carbocycles. The molecule has 7 heteroatoms. The molecule has 1 fully saturated rings. The van der Waals surface area contributed by atoms with Crippen molar-refractivity contribution in [2.24, 2.45) is 5.92 Å². The van der Waals surface area contributed by atoms with Crippen LogP contribution in [0.25, 0.3) is 0 Å². The second-order valence-corrected chi connectivity index (χ2v) is 7.67. The molecule has 1 amide bonds. The van der Waals surface area contributed by atoms with Gasteiger partial charge in [-0.15, -0.1) is 11.3 Å². The Labute approximate surface area is 145 Å². The maximum atomic E-state index is 12.7. The number of imidazole rings is 1. The van der Waals surface area contributed by atoms with Crippen LogP contribution in [0.2, 0.25) is 0 Å². The van der Waals surface area contributed by atoms with Crippen LogP contribution < -0.4 is 10.2 Å². The summed E-state index contributed by atoms with van der Waals surface area (Å²) in [6.45, 7) is 4.64. The van der Waals surface area contributed by atoms with Gasteiger partial charge in [0.1, 0.15) is 5.82 Å². The third kappa shape index (κ3) is 3.17. The van der Waals surface area contributed by atoms with E-state index in [1.807, 2.05) is 18.5 Å². The topological polar surface area (TPSA) is 63.1 Å². The molecule has 6 nitrogen and oxygen atoms in total. The third-order valence-electron chi connectivity index (χ3n) is 4.94. The van der Waals surface area contributed by atoms with Crippen LogP contribution >= 0.6 is 11.3 Å². The van der Waals surface area contributed by atoms with Crippen molar-refractivity contribution < 1.29 is 4.79 Å². The van der Waals surface area contributed by atoms with Gasteiger partial charge in [0, 0.05) is 49.9 Å². The number of fused-ring (bicyclic) bond motifs is 1. The Bertz CT molecular complexity index is 711. The molecular weight excluding hydrogens is 322 g/mol. The SMILES string of the molecule is Cc1cn2c(n1)CC[C@@H](NC(=O)[C@@H]1CCCN(c3nccs3)C1)C2. The van der Waals surface area contributed by atoms with Crippen LogP contribution in [0.4, 0.5) is 5.13 Å². The maximum absolute atomic E-state index is 12.7. The number of hydrogen-bond donors (Lipinski definition) is 1. The monoisotopic (exact) mass is 345 g/mol. The van der Waals surface area contributed by atoms with E-state index < -0.39 is 0 Å². The second-order valence-electron chi connectivity index (χ2n) is 6.79. The van der Waals surface area contributed by atoms with Gasteiger partial charge in [-0.05, 0) is 26.2 Å². The summed E-state index contributed by atoms with van der Waals surface area (Å²) in [4.78, 5) is 23.9. The summed E-state index contributed by atoms with van der Waals surface area (Å²) >= 11 is 1.65. The van der Waals surface area contributed by atoms with Crippen molar-refractivity contribution in [1.29, 1.82) is 0 Å². The smallest absolute Gasteiger partial charge is 0.225 e. The van der Waals surface area contributed by atoms with Crippen LogP contribution in [0, 0.1) is 12.8 Å². The zero-order chi connectivity index (χ0) is 16.5. The minimum atomic E-state index is 0.0635. The molecule has 4 heterocycles. The Balaban J connectivity index is 1.36. The number of nitrogens with zero attached hydrogens (tertiary/aromatic N) is 4. The lowest BCUT2D eigenvalue weighted by Gasteiger charge is -2.33. The Hall–Kier alpha value is -1.89. The van der Waals surface area contributed by atoms with Gasteiger partial charge in [0.2, 0.25) is 5.91 Å². The van der Waals surface area contributed by atoms with E-state index in [1.165, 1.54) is 0 Å². The summed E-state index contributed by atoms with van der Waals surface area (Å²) in [6, 6.07) is 0.217. The average Bonchev–Trinajstić information content (AvgIpc) is 3.23. The molecule has 2 aromatic rings. The van der Waals surface area contributed by atoms with E-state index in [-0.39, 0.29) is 17.9 Å².